The molecule has 2 heterocycles. The first kappa shape index (κ1) is 19.9. The van der Waals surface area contributed by atoms with Crippen molar-refractivity contribution in [3.63, 3.8) is 0 Å². The Morgan fingerprint density at radius 3 is 2.78 bits per heavy atom. The number of rotatable bonds is 8. The molecule has 1 aliphatic heterocycles. The number of hydrogen-bond donors (Lipinski definition) is 1. The zero-order valence-corrected chi connectivity index (χ0v) is 16.9. The van der Waals surface area contributed by atoms with Crippen molar-refractivity contribution in [3.8, 4) is 0 Å². The van der Waals surface area contributed by atoms with E-state index >= 15 is 0 Å². The third-order valence-corrected chi connectivity index (χ3v) is 6.47. The molecule has 1 saturated heterocycles. The number of aromatic nitrogens is 1. The molecule has 1 N–H and O–H groups in total. The van der Waals surface area contributed by atoms with Gasteiger partial charge in [-0.2, -0.15) is 0 Å². The summed E-state index contributed by atoms with van der Waals surface area (Å²) in [6.07, 6.45) is 1.67. The molecule has 0 saturated carbocycles. The molecule has 0 unspecified atom stereocenters. The van der Waals surface area contributed by atoms with Crippen LogP contribution in [-0.2, 0) is 15.3 Å². The summed E-state index contributed by atoms with van der Waals surface area (Å²) in [6.45, 7) is 7.27. The normalized spacial score (nSPS) is 15.0. The van der Waals surface area contributed by atoms with Crippen molar-refractivity contribution in [2.75, 3.05) is 45.0 Å². The van der Waals surface area contributed by atoms with E-state index in [4.69, 9.17) is 0 Å². The molecule has 2 amide bonds. The monoisotopic (exact) mass is 404 g/mol. The summed E-state index contributed by atoms with van der Waals surface area (Å²) in [4.78, 5) is 32.7. The molecule has 27 heavy (non-hydrogen) atoms. The fourth-order valence-corrected chi connectivity index (χ4v) is 4.85. The van der Waals surface area contributed by atoms with Crippen LogP contribution in [0, 0.1) is 0 Å². The Kier molecular flexibility index (Phi) is 7.25. The van der Waals surface area contributed by atoms with Gasteiger partial charge >= 0.3 is 0 Å². The fraction of sp³-hybridized carbons (Fsp3) is 0.421. The molecule has 1 aromatic carbocycles. The Morgan fingerprint density at radius 2 is 2.04 bits per heavy atom. The number of thiazole rings is 1. The van der Waals surface area contributed by atoms with Crippen LogP contribution in [0.4, 0.5) is 0 Å². The first-order valence-electron chi connectivity index (χ1n) is 8.95. The largest absolute Gasteiger partial charge is 0.352 e. The second-order valence-electron chi connectivity index (χ2n) is 6.32. The van der Waals surface area contributed by atoms with Gasteiger partial charge in [-0.1, -0.05) is 18.2 Å². The molecule has 144 valence electrons. The summed E-state index contributed by atoms with van der Waals surface area (Å²) in [5.74, 6) is 1.39. The van der Waals surface area contributed by atoms with E-state index in [0.29, 0.717) is 31.9 Å². The highest BCUT2D eigenvalue weighted by atomic mass is 32.2. The van der Waals surface area contributed by atoms with Gasteiger partial charge in [0, 0.05) is 38.5 Å². The van der Waals surface area contributed by atoms with Crippen LogP contribution < -0.4 is 5.32 Å². The van der Waals surface area contributed by atoms with Gasteiger partial charge in [0.2, 0.25) is 11.8 Å². The van der Waals surface area contributed by atoms with Crippen LogP contribution in [0.1, 0.15) is 5.01 Å². The van der Waals surface area contributed by atoms with Gasteiger partial charge in [-0.3, -0.25) is 14.5 Å². The number of amides is 2. The predicted molar refractivity (Wildman–Crippen MR) is 112 cm³/mol. The molecule has 0 spiro atoms. The maximum atomic E-state index is 12.4. The predicted octanol–water partition coefficient (Wildman–Crippen LogP) is 1.98. The highest BCUT2D eigenvalue weighted by molar-refractivity contribution is 7.99. The van der Waals surface area contributed by atoms with E-state index in [1.54, 1.807) is 29.2 Å². The van der Waals surface area contributed by atoms with Crippen LogP contribution >= 0.6 is 23.1 Å². The van der Waals surface area contributed by atoms with Crippen molar-refractivity contribution in [2.24, 2.45) is 0 Å². The standard InChI is InChI=1S/C19H24N4O2S2/c1-2-7-20-17(24)12-22-8-10-23(11-9-22)19(25)14-26-13-18-21-15-5-3-4-6-16(15)27-18/h2-6H,1,7-14H2,(H,20,24). The average molecular weight is 405 g/mol. The summed E-state index contributed by atoms with van der Waals surface area (Å²) >= 11 is 3.30. The molecule has 0 aliphatic carbocycles. The number of para-hydroxylation sites is 1. The third kappa shape index (κ3) is 5.79. The minimum Gasteiger partial charge on any atom is -0.352 e. The number of benzene rings is 1. The van der Waals surface area contributed by atoms with Crippen molar-refractivity contribution in [2.45, 2.75) is 5.75 Å². The molecule has 1 aromatic heterocycles. The van der Waals surface area contributed by atoms with Crippen LogP contribution in [0.3, 0.4) is 0 Å². The first-order valence-corrected chi connectivity index (χ1v) is 10.9. The SMILES string of the molecule is C=CCNC(=O)CN1CCN(C(=O)CSCc2nc3ccccc3s2)CC1. The molecule has 1 aliphatic rings. The van der Waals surface area contributed by atoms with Gasteiger partial charge in [0.1, 0.15) is 5.01 Å². The summed E-state index contributed by atoms with van der Waals surface area (Å²) < 4.78 is 1.19. The third-order valence-electron chi connectivity index (χ3n) is 4.33. The molecule has 8 heteroatoms. The highest BCUT2D eigenvalue weighted by Crippen LogP contribution is 2.24. The topological polar surface area (TPSA) is 65.5 Å². The zero-order chi connectivity index (χ0) is 19.1. The van der Waals surface area contributed by atoms with Crippen LogP contribution in [-0.4, -0.2) is 71.6 Å². The Morgan fingerprint density at radius 1 is 1.26 bits per heavy atom. The quantitative estimate of drug-likeness (QED) is 0.682. The minimum atomic E-state index is 0.000988. The second-order valence-corrected chi connectivity index (χ2v) is 8.42. The maximum Gasteiger partial charge on any atom is 0.234 e. The molecule has 0 atom stereocenters. The van der Waals surface area contributed by atoms with Crippen LogP contribution in [0.2, 0.25) is 0 Å². The Hall–Kier alpha value is -1.90. The van der Waals surface area contributed by atoms with Gasteiger partial charge in [0.25, 0.3) is 0 Å². The number of carbonyl (C=O) groups is 2. The smallest absolute Gasteiger partial charge is 0.234 e. The van der Waals surface area contributed by atoms with E-state index < -0.39 is 0 Å². The fourth-order valence-electron chi connectivity index (χ4n) is 2.90. The van der Waals surface area contributed by atoms with Gasteiger partial charge in [0.05, 0.1) is 22.5 Å². The lowest BCUT2D eigenvalue weighted by Crippen LogP contribution is -2.51. The lowest BCUT2D eigenvalue weighted by Gasteiger charge is -2.34. The van der Waals surface area contributed by atoms with E-state index in [9.17, 15) is 9.59 Å². The Balaban J connectivity index is 1.36. The van der Waals surface area contributed by atoms with Crippen molar-refractivity contribution >= 4 is 45.1 Å². The van der Waals surface area contributed by atoms with Gasteiger partial charge < -0.3 is 10.2 Å². The van der Waals surface area contributed by atoms with E-state index in [-0.39, 0.29) is 11.8 Å². The van der Waals surface area contributed by atoms with Crippen LogP contribution in [0.5, 0.6) is 0 Å². The van der Waals surface area contributed by atoms with Crippen molar-refractivity contribution in [1.82, 2.24) is 20.1 Å². The molecular weight excluding hydrogens is 380 g/mol. The van der Waals surface area contributed by atoms with Crippen LogP contribution in [0.15, 0.2) is 36.9 Å². The summed E-state index contributed by atoms with van der Waals surface area (Å²) in [5, 5.41) is 3.84. The zero-order valence-electron chi connectivity index (χ0n) is 15.2. The van der Waals surface area contributed by atoms with Gasteiger partial charge in [0.15, 0.2) is 0 Å². The first-order chi connectivity index (χ1) is 13.2. The number of piperazine rings is 1. The van der Waals surface area contributed by atoms with Crippen molar-refractivity contribution in [3.05, 3.63) is 41.9 Å². The lowest BCUT2D eigenvalue weighted by atomic mass is 10.3. The summed E-state index contributed by atoms with van der Waals surface area (Å²) in [6, 6.07) is 8.10. The van der Waals surface area contributed by atoms with Gasteiger partial charge in [-0.05, 0) is 12.1 Å². The Bertz CT molecular complexity index is 767. The molecular formula is C19H24N4O2S2. The minimum absolute atomic E-state index is 0.000988. The van der Waals surface area contributed by atoms with E-state index in [1.165, 1.54) is 4.70 Å². The number of fused-ring (bicyclic) bond motifs is 1. The second kappa shape index (κ2) is 9.87. The molecule has 6 nitrogen and oxygen atoms in total. The van der Waals surface area contributed by atoms with E-state index in [0.717, 1.165) is 29.4 Å². The highest BCUT2D eigenvalue weighted by Gasteiger charge is 2.22. The average Bonchev–Trinajstić information content (AvgIpc) is 3.09. The molecule has 0 radical (unpaired) electrons. The summed E-state index contributed by atoms with van der Waals surface area (Å²) in [7, 11) is 0. The van der Waals surface area contributed by atoms with Crippen molar-refractivity contribution < 1.29 is 9.59 Å². The molecule has 1 fully saturated rings. The maximum absolute atomic E-state index is 12.4. The number of hydrogen-bond acceptors (Lipinski definition) is 6. The van der Waals surface area contributed by atoms with E-state index in [1.807, 2.05) is 23.1 Å². The van der Waals surface area contributed by atoms with Crippen LogP contribution in [0.25, 0.3) is 10.2 Å². The number of nitrogens with one attached hydrogen (secondary N) is 1. The lowest BCUT2D eigenvalue weighted by molar-refractivity contribution is -0.130. The molecule has 2 aromatic rings. The number of nitrogens with zero attached hydrogens (tertiary/aromatic N) is 3. The summed E-state index contributed by atoms with van der Waals surface area (Å²) in [5.41, 5.74) is 1.03. The van der Waals surface area contributed by atoms with Crippen molar-refractivity contribution in [1.29, 1.82) is 0 Å². The van der Waals surface area contributed by atoms with E-state index in [2.05, 4.69) is 27.8 Å². The van der Waals surface area contributed by atoms with Gasteiger partial charge in [-0.15, -0.1) is 29.7 Å². The molecule has 0 bridgehead atoms. The number of thioether (sulfide) groups is 1. The van der Waals surface area contributed by atoms with Gasteiger partial charge in [-0.25, -0.2) is 4.98 Å². The number of carbonyl (C=O) groups excluding carboxylic acids is 2. The molecule has 3 rings (SSSR count). The Labute approximate surface area is 167 Å².